The molecule has 11 nitrogen and oxygen atoms in total. The molecule has 0 aliphatic carbocycles. The van der Waals surface area contributed by atoms with Crippen molar-refractivity contribution in [3.05, 3.63) is 62.5 Å². The number of nitrogens with one attached hydrogen (secondary N) is 1. The number of hydrogen-bond acceptors (Lipinski definition) is 6. The molecule has 0 spiro atoms. The van der Waals surface area contributed by atoms with E-state index in [1.54, 1.807) is 31.2 Å². The van der Waals surface area contributed by atoms with Crippen LogP contribution in [0.5, 0.6) is 0 Å². The molecular weight excluding hydrogens is 492 g/mol. The van der Waals surface area contributed by atoms with Crippen LogP contribution < -0.4 is 27.5 Å². The maximum absolute atomic E-state index is 13.1. The lowest BCUT2D eigenvalue weighted by Gasteiger charge is -2.24. The standard InChI is InChI=1S/C18H23BrN6O5S/c1-10-7-8-14(24-31(28,29)9-12-5-3-4-6-13(12)19)17(27)25(10)15(16(20)26)11(2)30-23-18(21)22/h3-8,11,15,24H,9H2,1-2H3,(H2,20,26)(H4,21,22,23). The minimum atomic E-state index is -3.95. The Morgan fingerprint density at radius 3 is 2.45 bits per heavy atom. The van der Waals surface area contributed by atoms with Gasteiger partial charge in [-0.2, -0.15) is 0 Å². The molecule has 0 bridgehead atoms. The number of oxime groups is 1. The van der Waals surface area contributed by atoms with Crippen molar-refractivity contribution < 1.29 is 18.0 Å². The molecule has 31 heavy (non-hydrogen) atoms. The Kier molecular flexibility index (Phi) is 7.68. The summed E-state index contributed by atoms with van der Waals surface area (Å²) in [6.45, 7) is 3.00. The van der Waals surface area contributed by atoms with Crippen molar-refractivity contribution in [2.75, 3.05) is 4.72 Å². The van der Waals surface area contributed by atoms with Gasteiger partial charge in [-0.05, 0) is 42.8 Å². The first kappa shape index (κ1) is 24.2. The molecule has 7 N–H and O–H groups in total. The highest BCUT2D eigenvalue weighted by atomic mass is 79.9. The summed E-state index contributed by atoms with van der Waals surface area (Å²) in [5.74, 6) is -1.64. The van der Waals surface area contributed by atoms with Crippen LogP contribution in [0, 0.1) is 6.92 Å². The summed E-state index contributed by atoms with van der Waals surface area (Å²) in [4.78, 5) is 30.2. The molecular formula is C18H23BrN6O5S. The predicted octanol–water partition coefficient (Wildman–Crippen LogP) is 0.481. The normalized spacial score (nSPS) is 13.1. The fraction of sp³-hybridized carbons (Fsp3) is 0.278. The third-order valence-corrected chi connectivity index (χ3v) is 6.22. The molecule has 2 rings (SSSR count). The van der Waals surface area contributed by atoms with Crippen LogP contribution in [-0.4, -0.2) is 31.0 Å². The Morgan fingerprint density at radius 2 is 1.87 bits per heavy atom. The van der Waals surface area contributed by atoms with E-state index in [-0.39, 0.29) is 17.4 Å². The fourth-order valence-electron chi connectivity index (χ4n) is 2.86. The predicted molar refractivity (Wildman–Crippen MR) is 120 cm³/mol. The Hall–Kier alpha value is -3.06. The number of anilines is 1. The molecule has 1 aromatic carbocycles. The Balaban J connectivity index is 2.43. The van der Waals surface area contributed by atoms with Crippen LogP contribution in [-0.2, 0) is 25.4 Å². The zero-order valence-electron chi connectivity index (χ0n) is 16.8. The number of aryl methyl sites for hydroxylation is 1. The molecule has 0 saturated carbocycles. The first-order valence-corrected chi connectivity index (χ1v) is 11.4. The molecule has 13 heteroatoms. The van der Waals surface area contributed by atoms with E-state index in [1.165, 1.54) is 19.1 Å². The lowest BCUT2D eigenvalue weighted by molar-refractivity contribution is -0.125. The lowest BCUT2D eigenvalue weighted by Crippen LogP contribution is -2.42. The highest BCUT2D eigenvalue weighted by Gasteiger charge is 2.30. The van der Waals surface area contributed by atoms with E-state index in [9.17, 15) is 18.0 Å². The molecule has 0 radical (unpaired) electrons. The number of nitrogens with zero attached hydrogens (tertiary/aromatic N) is 2. The van der Waals surface area contributed by atoms with E-state index in [0.717, 1.165) is 4.57 Å². The van der Waals surface area contributed by atoms with Gasteiger partial charge in [0.1, 0.15) is 5.69 Å². The topological polar surface area (TPSA) is 185 Å². The number of carbonyl (C=O) groups excluding carboxylic acids is 1. The van der Waals surface area contributed by atoms with Gasteiger partial charge >= 0.3 is 0 Å². The third kappa shape index (κ3) is 6.21. The van der Waals surface area contributed by atoms with Crippen molar-refractivity contribution >= 4 is 43.5 Å². The SMILES string of the molecule is Cc1ccc(NS(=O)(=O)Cc2ccccc2Br)c(=O)n1C(C(N)=O)C(C)ON=C(N)N. The zero-order chi connectivity index (χ0) is 23.3. The molecule has 2 atom stereocenters. The van der Waals surface area contributed by atoms with Crippen LogP contribution >= 0.6 is 15.9 Å². The van der Waals surface area contributed by atoms with Crippen molar-refractivity contribution in [2.45, 2.75) is 31.7 Å². The second kappa shape index (κ2) is 9.83. The fourth-order valence-corrected chi connectivity index (χ4v) is 4.70. The van der Waals surface area contributed by atoms with Crippen LogP contribution in [0.15, 0.2) is 50.8 Å². The number of halogens is 1. The van der Waals surface area contributed by atoms with Crippen LogP contribution in [0.25, 0.3) is 0 Å². The summed E-state index contributed by atoms with van der Waals surface area (Å²) < 4.78 is 29.2. The Labute approximate surface area is 187 Å². The quantitative estimate of drug-likeness (QED) is 0.213. The maximum Gasteiger partial charge on any atom is 0.275 e. The molecule has 168 valence electrons. The maximum atomic E-state index is 13.1. The van der Waals surface area contributed by atoms with Gasteiger partial charge in [-0.3, -0.25) is 18.9 Å². The number of carbonyl (C=O) groups is 1. The average Bonchev–Trinajstić information content (AvgIpc) is 2.66. The summed E-state index contributed by atoms with van der Waals surface area (Å²) in [6, 6.07) is 8.28. The lowest BCUT2D eigenvalue weighted by atomic mass is 10.1. The first-order valence-electron chi connectivity index (χ1n) is 8.93. The van der Waals surface area contributed by atoms with Crippen LogP contribution in [0.4, 0.5) is 5.69 Å². The average molecular weight is 515 g/mol. The van der Waals surface area contributed by atoms with E-state index in [4.69, 9.17) is 22.0 Å². The van der Waals surface area contributed by atoms with E-state index >= 15 is 0 Å². The van der Waals surface area contributed by atoms with Crippen LogP contribution in [0.2, 0.25) is 0 Å². The van der Waals surface area contributed by atoms with Gasteiger partial charge in [0.2, 0.25) is 21.9 Å². The molecule has 0 fully saturated rings. The Bertz CT molecular complexity index is 1160. The van der Waals surface area contributed by atoms with Gasteiger partial charge in [-0.25, -0.2) is 8.42 Å². The molecule has 1 aromatic heterocycles. The van der Waals surface area contributed by atoms with Gasteiger partial charge in [0.05, 0.1) is 5.75 Å². The smallest absolute Gasteiger partial charge is 0.275 e. The minimum Gasteiger partial charge on any atom is -0.387 e. The summed E-state index contributed by atoms with van der Waals surface area (Å²) in [7, 11) is -3.95. The van der Waals surface area contributed by atoms with E-state index < -0.39 is 33.6 Å². The van der Waals surface area contributed by atoms with Crippen LogP contribution in [0.3, 0.4) is 0 Å². The largest absolute Gasteiger partial charge is 0.387 e. The molecule has 2 unspecified atom stereocenters. The highest BCUT2D eigenvalue weighted by Crippen LogP contribution is 2.21. The molecule has 1 amide bonds. The van der Waals surface area contributed by atoms with Crippen LogP contribution in [0.1, 0.15) is 24.2 Å². The number of nitrogens with two attached hydrogens (primary N) is 3. The number of primary amides is 1. The first-order chi connectivity index (χ1) is 14.4. The Morgan fingerprint density at radius 1 is 1.23 bits per heavy atom. The summed E-state index contributed by atoms with van der Waals surface area (Å²) in [5, 5.41) is 3.38. The van der Waals surface area contributed by atoms with E-state index in [2.05, 4.69) is 25.8 Å². The molecule has 2 aromatic rings. The number of hydrogen-bond donors (Lipinski definition) is 4. The summed E-state index contributed by atoms with van der Waals surface area (Å²) >= 11 is 3.29. The van der Waals surface area contributed by atoms with Crippen molar-refractivity contribution in [3.8, 4) is 0 Å². The minimum absolute atomic E-state index is 0.252. The number of sulfonamides is 1. The van der Waals surface area contributed by atoms with Crippen molar-refractivity contribution in [2.24, 2.45) is 22.4 Å². The molecule has 0 aliphatic heterocycles. The molecule has 1 heterocycles. The van der Waals surface area contributed by atoms with Gasteiger partial charge in [-0.1, -0.05) is 34.1 Å². The number of aromatic nitrogens is 1. The number of benzene rings is 1. The number of guanidine groups is 1. The number of rotatable bonds is 9. The van der Waals surface area contributed by atoms with Gasteiger partial charge in [0, 0.05) is 10.2 Å². The van der Waals surface area contributed by atoms with Crippen molar-refractivity contribution in [1.29, 1.82) is 0 Å². The number of amides is 1. The molecule has 0 aliphatic rings. The van der Waals surface area contributed by atoms with Crippen molar-refractivity contribution in [3.63, 3.8) is 0 Å². The molecule has 0 saturated heterocycles. The zero-order valence-corrected chi connectivity index (χ0v) is 19.2. The van der Waals surface area contributed by atoms with E-state index in [1.807, 2.05) is 0 Å². The van der Waals surface area contributed by atoms with Crippen molar-refractivity contribution in [1.82, 2.24) is 4.57 Å². The van der Waals surface area contributed by atoms with Gasteiger partial charge < -0.3 is 22.0 Å². The van der Waals surface area contributed by atoms with Gasteiger partial charge in [0.25, 0.3) is 5.56 Å². The van der Waals surface area contributed by atoms with E-state index in [0.29, 0.717) is 15.7 Å². The summed E-state index contributed by atoms with van der Waals surface area (Å²) in [6.07, 6.45) is -1.02. The van der Waals surface area contributed by atoms with Gasteiger partial charge in [0.15, 0.2) is 12.1 Å². The second-order valence-electron chi connectivity index (χ2n) is 6.69. The third-order valence-electron chi connectivity index (χ3n) is 4.23. The number of pyridine rings is 1. The van der Waals surface area contributed by atoms with Gasteiger partial charge in [-0.15, -0.1) is 0 Å². The highest BCUT2D eigenvalue weighted by molar-refractivity contribution is 9.10. The monoisotopic (exact) mass is 514 g/mol. The second-order valence-corrected chi connectivity index (χ2v) is 9.27. The summed E-state index contributed by atoms with van der Waals surface area (Å²) in [5.41, 5.74) is 15.7.